The summed E-state index contributed by atoms with van der Waals surface area (Å²) in [6.45, 7) is 2.25. The molecule has 3 heteroatoms. The minimum absolute atomic E-state index is 0.512. The van der Waals surface area contributed by atoms with Gasteiger partial charge in [0.05, 0.1) is 6.04 Å². The Bertz CT molecular complexity index is 429. The van der Waals surface area contributed by atoms with Crippen LogP contribution in [-0.4, -0.2) is 23.0 Å². The maximum absolute atomic E-state index is 4.87. The van der Waals surface area contributed by atoms with E-state index >= 15 is 0 Å². The van der Waals surface area contributed by atoms with E-state index < -0.39 is 0 Å². The molecule has 1 saturated carbocycles. The molecule has 18 heavy (non-hydrogen) atoms. The van der Waals surface area contributed by atoms with Crippen molar-refractivity contribution in [3.63, 3.8) is 0 Å². The van der Waals surface area contributed by atoms with Crippen LogP contribution in [0.25, 0.3) is 0 Å². The monoisotopic (exact) mass is 260 g/mol. The summed E-state index contributed by atoms with van der Waals surface area (Å²) in [5.74, 6) is 1.87. The van der Waals surface area contributed by atoms with Crippen LogP contribution in [0.4, 0.5) is 0 Å². The fourth-order valence-electron chi connectivity index (χ4n) is 2.50. The summed E-state index contributed by atoms with van der Waals surface area (Å²) in [4.78, 5) is 4.87. The van der Waals surface area contributed by atoms with E-state index in [4.69, 9.17) is 4.99 Å². The first-order valence-electron chi connectivity index (χ1n) is 6.89. The van der Waals surface area contributed by atoms with Crippen molar-refractivity contribution in [2.24, 2.45) is 4.99 Å². The molecule has 3 rings (SSSR count). The zero-order valence-electron chi connectivity index (χ0n) is 10.8. The summed E-state index contributed by atoms with van der Waals surface area (Å²) in [5.41, 5.74) is 1.44. The lowest BCUT2D eigenvalue weighted by Gasteiger charge is -2.24. The standard InChI is InChI=1S/C15H20N2S/c1-2-12-8-9-18-15(16-12)17-14-10-13(14)11-6-4-3-5-7-11/h3-7,12-14H,2,8-10H2,1H3,(H,16,17). The molecule has 2 fully saturated rings. The highest BCUT2D eigenvalue weighted by Crippen LogP contribution is 2.43. The molecule has 1 aromatic rings. The lowest BCUT2D eigenvalue weighted by atomic mass is 10.1. The van der Waals surface area contributed by atoms with Crippen LogP contribution in [0.5, 0.6) is 0 Å². The summed E-state index contributed by atoms with van der Waals surface area (Å²) in [6.07, 6.45) is 3.69. The lowest BCUT2D eigenvalue weighted by Crippen LogP contribution is -2.37. The zero-order valence-corrected chi connectivity index (χ0v) is 11.6. The lowest BCUT2D eigenvalue weighted by molar-refractivity contribution is 0.570. The van der Waals surface area contributed by atoms with E-state index in [0.29, 0.717) is 18.0 Å². The van der Waals surface area contributed by atoms with Crippen LogP contribution >= 0.6 is 11.8 Å². The molecule has 0 aromatic heterocycles. The number of hydrogen-bond donors (Lipinski definition) is 1. The fraction of sp³-hybridized carbons (Fsp3) is 0.533. The predicted molar refractivity (Wildman–Crippen MR) is 79.3 cm³/mol. The van der Waals surface area contributed by atoms with Gasteiger partial charge in [0.2, 0.25) is 0 Å². The molecule has 1 N–H and O–H groups in total. The number of hydrogen-bond acceptors (Lipinski definition) is 2. The second kappa shape index (κ2) is 5.35. The molecule has 1 heterocycles. The summed E-state index contributed by atoms with van der Waals surface area (Å²) >= 11 is 1.89. The molecule has 3 atom stereocenters. The van der Waals surface area contributed by atoms with Crippen LogP contribution in [0.1, 0.15) is 37.7 Å². The predicted octanol–water partition coefficient (Wildman–Crippen LogP) is 3.40. The Kier molecular flexibility index (Phi) is 3.59. The summed E-state index contributed by atoms with van der Waals surface area (Å²) in [6, 6.07) is 11.9. The minimum atomic E-state index is 0.512. The van der Waals surface area contributed by atoms with Crippen molar-refractivity contribution < 1.29 is 0 Å². The molecule has 2 aliphatic rings. The highest BCUT2D eigenvalue weighted by molar-refractivity contribution is 8.13. The van der Waals surface area contributed by atoms with Gasteiger partial charge in [-0.25, -0.2) is 0 Å². The van der Waals surface area contributed by atoms with Crippen LogP contribution in [0.15, 0.2) is 35.3 Å². The Morgan fingerprint density at radius 2 is 2.17 bits per heavy atom. The molecule has 96 valence electrons. The second-order valence-electron chi connectivity index (χ2n) is 5.14. The largest absolute Gasteiger partial charge is 0.362 e. The Hall–Kier alpha value is -0.960. The molecule has 1 saturated heterocycles. The van der Waals surface area contributed by atoms with Gasteiger partial charge >= 0.3 is 0 Å². The van der Waals surface area contributed by atoms with Gasteiger partial charge in [-0.1, -0.05) is 49.0 Å². The maximum Gasteiger partial charge on any atom is 0.157 e. The van der Waals surface area contributed by atoms with Gasteiger partial charge in [-0.15, -0.1) is 0 Å². The first-order valence-corrected chi connectivity index (χ1v) is 7.87. The molecule has 0 radical (unpaired) electrons. The fourth-order valence-corrected chi connectivity index (χ4v) is 3.56. The summed E-state index contributed by atoms with van der Waals surface area (Å²) < 4.78 is 0. The SMILES string of the molecule is CCC1CCSC(=NC2CC2c2ccccc2)N1. The molecule has 0 bridgehead atoms. The molecule has 1 aliphatic heterocycles. The van der Waals surface area contributed by atoms with E-state index in [-0.39, 0.29) is 0 Å². The van der Waals surface area contributed by atoms with E-state index in [1.165, 1.54) is 35.7 Å². The molecule has 1 aromatic carbocycles. The molecular weight excluding hydrogens is 240 g/mol. The van der Waals surface area contributed by atoms with Crippen LogP contribution in [0.2, 0.25) is 0 Å². The first-order chi connectivity index (χ1) is 8.86. The third-order valence-electron chi connectivity index (χ3n) is 3.79. The summed E-state index contributed by atoms with van der Waals surface area (Å²) in [7, 11) is 0. The van der Waals surface area contributed by atoms with Gasteiger partial charge in [0.15, 0.2) is 5.17 Å². The van der Waals surface area contributed by atoms with Crippen molar-refractivity contribution in [1.82, 2.24) is 5.32 Å². The normalized spacial score (nSPS) is 33.2. The van der Waals surface area contributed by atoms with E-state index in [0.717, 1.165) is 0 Å². The number of aliphatic imine (C=N–C) groups is 1. The van der Waals surface area contributed by atoms with Gasteiger partial charge < -0.3 is 5.32 Å². The molecule has 2 nitrogen and oxygen atoms in total. The third-order valence-corrected chi connectivity index (χ3v) is 4.73. The molecule has 0 spiro atoms. The van der Waals surface area contributed by atoms with Gasteiger partial charge in [-0.2, -0.15) is 0 Å². The highest BCUT2D eigenvalue weighted by Gasteiger charge is 2.38. The van der Waals surface area contributed by atoms with E-state index in [1.54, 1.807) is 0 Å². The topological polar surface area (TPSA) is 24.4 Å². The number of rotatable bonds is 3. The maximum atomic E-state index is 4.87. The molecular formula is C15H20N2S. The van der Waals surface area contributed by atoms with Crippen molar-refractivity contribution in [3.8, 4) is 0 Å². The van der Waals surface area contributed by atoms with Gasteiger partial charge in [0.1, 0.15) is 0 Å². The van der Waals surface area contributed by atoms with E-state index in [9.17, 15) is 0 Å². The molecule has 0 amide bonds. The smallest absolute Gasteiger partial charge is 0.157 e. The Morgan fingerprint density at radius 1 is 1.33 bits per heavy atom. The van der Waals surface area contributed by atoms with Crippen molar-refractivity contribution >= 4 is 16.9 Å². The second-order valence-corrected chi connectivity index (χ2v) is 6.22. The number of nitrogens with zero attached hydrogens (tertiary/aromatic N) is 1. The van der Waals surface area contributed by atoms with Gasteiger partial charge in [-0.05, 0) is 24.8 Å². The summed E-state index contributed by atoms with van der Waals surface area (Å²) in [5, 5.41) is 4.74. The molecule has 3 unspecified atom stereocenters. The Balaban J connectivity index is 1.61. The zero-order chi connectivity index (χ0) is 12.4. The average Bonchev–Trinajstić information content (AvgIpc) is 3.19. The Labute approximate surface area is 113 Å². The van der Waals surface area contributed by atoms with Crippen molar-refractivity contribution in [3.05, 3.63) is 35.9 Å². The first kappa shape index (κ1) is 12.1. The van der Waals surface area contributed by atoms with Crippen LogP contribution in [0.3, 0.4) is 0 Å². The van der Waals surface area contributed by atoms with Crippen LogP contribution < -0.4 is 5.32 Å². The van der Waals surface area contributed by atoms with Crippen LogP contribution in [0, 0.1) is 0 Å². The Morgan fingerprint density at radius 3 is 2.94 bits per heavy atom. The minimum Gasteiger partial charge on any atom is -0.362 e. The highest BCUT2D eigenvalue weighted by atomic mass is 32.2. The number of nitrogens with one attached hydrogen (secondary N) is 1. The van der Waals surface area contributed by atoms with E-state index in [2.05, 4.69) is 42.6 Å². The van der Waals surface area contributed by atoms with Gasteiger partial charge in [-0.3, -0.25) is 4.99 Å². The number of thioether (sulfide) groups is 1. The van der Waals surface area contributed by atoms with Crippen molar-refractivity contribution in [2.75, 3.05) is 5.75 Å². The van der Waals surface area contributed by atoms with Gasteiger partial charge in [0, 0.05) is 17.7 Å². The van der Waals surface area contributed by atoms with E-state index in [1.807, 2.05) is 11.8 Å². The van der Waals surface area contributed by atoms with Crippen molar-refractivity contribution in [1.29, 1.82) is 0 Å². The quantitative estimate of drug-likeness (QED) is 0.900. The molecule has 1 aliphatic carbocycles. The van der Waals surface area contributed by atoms with Crippen molar-refractivity contribution in [2.45, 2.75) is 44.2 Å². The number of benzene rings is 1. The number of amidine groups is 1. The third kappa shape index (κ3) is 2.72. The van der Waals surface area contributed by atoms with Gasteiger partial charge in [0.25, 0.3) is 0 Å². The average molecular weight is 260 g/mol. The van der Waals surface area contributed by atoms with Crippen LogP contribution in [-0.2, 0) is 0 Å².